The Bertz CT molecular complexity index is 754. The average molecular weight is 299 g/mol. The monoisotopic (exact) mass is 299 g/mol. The zero-order valence-corrected chi connectivity index (χ0v) is 12.1. The van der Waals surface area contributed by atoms with Crippen LogP contribution in [0.3, 0.4) is 0 Å². The van der Waals surface area contributed by atoms with Crippen LogP contribution in [0, 0.1) is 11.6 Å². The van der Waals surface area contributed by atoms with Crippen LogP contribution in [0.15, 0.2) is 61.2 Å². The molecule has 0 radical (unpaired) electrons. The van der Waals surface area contributed by atoms with Crippen molar-refractivity contribution in [2.75, 3.05) is 0 Å². The lowest BCUT2D eigenvalue weighted by Gasteiger charge is -2.31. The van der Waals surface area contributed by atoms with Crippen LogP contribution in [0.5, 0.6) is 0 Å². The molecular formula is C17H15F2N3. The van der Waals surface area contributed by atoms with Gasteiger partial charge in [-0.1, -0.05) is 30.3 Å². The molecule has 0 fully saturated rings. The molecule has 0 saturated carbocycles. The number of nitrogens with zero attached hydrogens (tertiary/aromatic N) is 3. The van der Waals surface area contributed by atoms with Gasteiger partial charge in [0.1, 0.15) is 24.3 Å². The van der Waals surface area contributed by atoms with Gasteiger partial charge in [0.05, 0.1) is 6.54 Å². The second kappa shape index (κ2) is 5.67. The summed E-state index contributed by atoms with van der Waals surface area (Å²) in [5.41, 5.74) is 0.666. The molecule has 1 aromatic heterocycles. The summed E-state index contributed by atoms with van der Waals surface area (Å²) in [6, 6.07) is 12.7. The minimum Gasteiger partial charge on any atom is -0.252 e. The van der Waals surface area contributed by atoms with Gasteiger partial charge in [-0.3, -0.25) is 4.68 Å². The standard InChI is InChI=1S/C17H15F2N3/c1-17(10-22-12-20-11-21-22,13-6-8-14(18)9-7-13)15-4-2-3-5-16(15)19/h2-9,11-12H,10H2,1H3. The lowest BCUT2D eigenvalue weighted by Crippen LogP contribution is -2.31. The minimum absolute atomic E-state index is 0.297. The first-order valence-corrected chi connectivity index (χ1v) is 6.93. The lowest BCUT2D eigenvalue weighted by atomic mass is 9.76. The van der Waals surface area contributed by atoms with E-state index in [2.05, 4.69) is 10.1 Å². The van der Waals surface area contributed by atoms with Gasteiger partial charge in [0, 0.05) is 5.41 Å². The van der Waals surface area contributed by atoms with E-state index in [9.17, 15) is 8.78 Å². The number of hydrogen-bond acceptors (Lipinski definition) is 2. The molecule has 3 aromatic rings. The fraction of sp³-hybridized carbons (Fsp3) is 0.176. The van der Waals surface area contributed by atoms with Crippen LogP contribution in [0.2, 0.25) is 0 Å². The van der Waals surface area contributed by atoms with Crippen molar-refractivity contribution in [3.05, 3.63) is 83.9 Å². The number of aromatic nitrogens is 3. The van der Waals surface area contributed by atoms with Crippen molar-refractivity contribution in [2.24, 2.45) is 0 Å². The molecule has 1 heterocycles. The maximum absolute atomic E-state index is 14.4. The lowest BCUT2D eigenvalue weighted by molar-refractivity contribution is 0.418. The molecule has 5 heteroatoms. The third-order valence-corrected chi connectivity index (χ3v) is 3.89. The normalized spacial score (nSPS) is 13.8. The van der Waals surface area contributed by atoms with Crippen LogP contribution in [0.4, 0.5) is 8.78 Å². The number of benzene rings is 2. The van der Waals surface area contributed by atoms with Gasteiger partial charge in [-0.25, -0.2) is 13.8 Å². The smallest absolute Gasteiger partial charge is 0.137 e. The molecule has 3 nitrogen and oxygen atoms in total. The Labute approximate surface area is 127 Å². The summed E-state index contributed by atoms with van der Waals surface area (Å²) >= 11 is 0. The zero-order valence-electron chi connectivity index (χ0n) is 12.1. The van der Waals surface area contributed by atoms with Crippen LogP contribution in [-0.2, 0) is 12.0 Å². The van der Waals surface area contributed by atoms with Crippen molar-refractivity contribution in [1.29, 1.82) is 0 Å². The Balaban J connectivity index is 2.13. The predicted molar refractivity (Wildman–Crippen MR) is 79.3 cm³/mol. The summed E-state index contributed by atoms with van der Waals surface area (Å²) in [4.78, 5) is 3.93. The first kappa shape index (κ1) is 14.4. The van der Waals surface area contributed by atoms with Crippen LogP contribution < -0.4 is 0 Å². The van der Waals surface area contributed by atoms with Gasteiger partial charge in [-0.15, -0.1) is 0 Å². The second-order valence-corrected chi connectivity index (χ2v) is 5.41. The van der Waals surface area contributed by atoms with E-state index in [1.807, 2.05) is 6.92 Å². The Morgan fingerprint density at radius 2 is 1.77 bits per heavy atom. The van der Waals surface area contributed by atoms with Crippen molar-refractivity contribution >= 4 is 0 Å². The molecular weight excluding hydrogens is 284 g/mol. The average Bonchev–Trinajstić information content (AvgIpc) is 3.01. The van der Waals surface area contributed by atoms with E-state index >= 15 is 0 Å². The van der Waals surface area contributed by atoms with Crippen molar-refractivity contribution in [1.82, 2.24) is 14.8 Å². The molecule has 0 aliphatic rings. The van der Waals surface area contributed by atoms with E-state index in [1.54, 1.807) is 41.3 Å². The number of hydrogen-bond donors (Lipinski definition) is 0. The van der Waals surface area contributed by atoms with Crippen LogP contribution in [0.1, 0.15) is 18.1 Å². The number of halogens is 2. The summed E-state index contributed by atoms with van der Waals surface area (Å²) in [5, 5.41) is 4.11. The maximum atomic E-state index is 14.4. The van der Waals surface area contributed by atoms with E-state index in [0.717, 1.165) is 5.56 Å². The fourth-order valence-electron chi connectivity index (χ4n) is 2.70. The Morgan fingerprint density at radius 1 is 1.05 bits per heavy atom. The summed E-state index contributed by atoms with van der Waals surface area (Å²) in [7, 11) is 0. The Hall–Kier alpha value is -2.56. The van der Waals surface area contributed by atoms with Crippen molar-refractivity contribution < 1.29 is 8.78 Å². The molecule has 0 aliphatic heterocycles. The highest BCUT2D eigenvalue weighted by Crippen LogP contribution is 2.35. The van der Waals surface area contributed by atoms with Gasteiger partial charge in [0.25, 0.3) is 0 Å². The molecule has 22 heavy (non-hydrogen) atoms. The van der Waals surface area contributed by atoms with Gasteiger partial charge in [0.15, 0.2) is 0 Å². The highest BCUT2D eigenvalue weighted by atomic mass is 19.1. The fourth-order valence-corrected chi connectivity index (χ4v) is 2.70. The first-order chi connectivity index (χ1) is 10.6. The second-order valence-electron chi connectivity index (χ2n) is 5.41. The molecule has 0 amide bonds. The molecule has 3 rings (SSSR count). The summed E-state index contributed by atoms with van der Waals surface area (Å²) < 4.78 is 29.2. The molecule has 0 N–H and O–H groups in total. The van der Waals surface area contributed by atoms with E-state index in [4.69, 9.17) is 0 Å². The molecule has 0 saturated heterocycles. The van der Waals surface area contributed by atoms with Crippen LogP contribution in [-0.4, -0.2) is 14.8 Å². The highest BCUT2D eigenvalue weighted by Gasteiger charge is 2.32. The van der Waals surface area contributed by atoms with Gasteiger partial charge in [-0.05, 0) is 36.2 Å². The first-order valence-electron chi connectivity index (χ1n) is 6.93. The van der Waals surface area contributed by atoms with E-state index < -0.39 is 5.41 Å². The Morgan fingerprint density at radius 3 is 2.41 bits per heavy atom. The van der Waals surface area contributed by atoms with Crippen molar-refractivity contribution in [3.8, 4) is 0 Å². The van der Waals surface area contributed by atoms with E-state index in [-0.39, 0.29) is 11.6 Å². The summed E-state index contributed by atoms with van der Waals surface area (Å²) in [5.74, 6) is -0.616. The molecule has 1 atom stereocenters. The molecule has 1 unspecified atom stereocenters. The van der Waals surface area contributed by atoms with Crippen LogP contribution >= 0.6 is 0 Å². The largest absolute Gasteiger partial charge is 0.252 e. The molecule has 2 aromatic carbocycles. The molecule has 112 valence electrons. The van der Waals surface area contributed by atoms with Gasteiger partial charge < -0.3 is 0 Å². The van der Waals surface area contributed by atoms with Crippen LogP contribution in [0.25, 0.3) is 0 Å². The molecule has 0 aliphatic carbocycles. The van der Waals surface area contributed by atoms with Crippen molar-refractivity contribution in [2.45, 2.75) is 18.9 Å². The topological polar surface area (TPSA) is 30.7 Å². The third kappa shape index (κ3) is 2.62. The minimum atomic E-state index is -0.688. The van der Waals surface area contributed by atoms with Gasteiger partial charge >= 0.3 is 0 Å². The highest BCUT2D eigenvalue weighted by molar-refractivity contribution is 5.39. The molecule has 0 bridgehead atoms. The summed E-state index contributed by atoms with van der Waals surface area (Å²) in [6.07, 6.45) is 3.02. The van der Waals surface area contributed by atoms with Gasteiger partial charge in [0.2, 0.25) is 0 Å². The SMILES string of the molecule is CC(Cn1cncn1)(c1ccc(F)cc1)c1ccccc1F. The Kier molecular flexibility index (Phi) is 3.71. The quantitative estimate of drug-likeness (QED) is 0.737. The number of rotatable bonds is 4. The maximum Gasteiger partial charge on any atom is 0.137 e. The third-order valence-electron chi connectivity index (χ3n) is 3.89. The van der Waals surface area contributed by atoms with E-state index in [0.29, 0.717) is 12.1 Å². The van der Waals surface area contributed by atoms with Crippen molar-refractivity contribution in [3.63, 3.8) is 0 Å². The zero-order chi connectivity index (χ0) is 15.6. The van der Waals surface area contributed by atoms with Gasteiger partial charge in [-0.2, -0.15) is 5.10 Å². The predicted octanol–water partition coefficient (Wildman–Crippen LogP) is 3.56. The van der Waals surface area contributed by atoms with E-state index in [1.165, 1.54) is 24.5 Å². The molecule has 0 spiro atoms. The summed E-state index contributed by atoms with van der Waals surface area (Å²) in [6.45, 7) is 2.32.